The van der Waals surface area contributed by atoms with Crippen LogP contribution in [-0.2, 0) is 9.84 Å². The fourth-order valence-electron chi connectivity index (χ4n) is 1.62. The number of sulfone groups is 1. The summed E-state index contributed by atoms with van der Waals surface area (Å²) in [5.41, 5.74) is 1.08. The normalized spacial score (nSPS) is 15.3. The summed E-state index contributed by atoms with van der Waals surface area (Å²) in [6.07, 6.45) is 1.03. The fourth-order valence-corrected chi connectivity index (χ4v) is 2.69. The van der Waals surface area contributed by atoms with Crippen LogP contribution in [0.25, 0.3) is 0 Å². The lowest BCUT2D eigenvalue weighted by atomic mass is 10.0. The molecule has 0 unspecified atom stereocenters. The lowest BCUT2D eigenvalue weighted by Gasteiger charge is -2.22. The first-order valence-corrected chi connectivity index (χ1v) is 7.50. The number of benzene rings is 1. The highest BCUT2D eigenvalue weighted by atomic mass is 35.5. The molecule has 17 heavy (non-hydrogen) atoms. The number of carbonyl (C=O) groups is 1. The molecule has 1 aromatic rings. The van der Waals surface area contributed by atoms with Crippen LogP contribution < -0.4 is 0 Å². The summed E-state index contributed by atoms with van der Waals surface area (Å²) in [5, 5.41) is 0. The summed E-state index contributed by atoms with van der Waals surface area (Å²) in [6.45, 7) is 3.34. The van der Waals surface area contributed by atoms with Crippen molar-refractivity contribution in [2.24, 2.45) is 0 Å². The molecule has 1 rings (SSSR count). The quantitative estimate of drug-likeness (QED) is 0.626. The summed E-state index contributed by atoms with van der Waals surface area (Å²) in [5.74, 6) is -0.553. The molecule has 3 nitrogen and oxygen atoms in total. The minimum Gasteiger partial charge on any atom is -0.291 e. The third-order valence-electron chi connectivity index (χ3n) is 2.77. The Bertz CT molecular complexity index is 536. The Morgan fingerprint density at radius 1 is 1.35 bits per heavy atom. The molecule has 0 aromatic heterocycles. The molecule has 0 spiro atoms. The van der Waals surface area contributed by atoms with Crippen molar-refractivity contribution in [2.45, 2.75) is 24.5 Å². The Morgan fingerprint density at radius 2 is 1.88 bits per heavy atom. The van der Waals surface area contributed by atoms with Crippen LogP contribution in [-0.4, -0.2) is 24.7 Å². The maximum atomic E-state index is 12.3. The molecule has 0 bridgehead atoms. The molecule has 0 aliphatic heterocycles. The maximum absolute atomic E-state index is 12.3. The summed E-state index contributed by atoms with van der Waals surface area (Å²) >= 11 is 6.02. The van der Waals surface area contributed by atoms with Crippen molar-refractivity contribution in [1.82, 2.24) is 0 Å². The number of Topliss-reactive ketones (excluding diaryl/α,β-unsaturated/α-hetero) is 1. The Balaban J connectivity index is 3.35. The van der Waals surface area contributed by atoms with Gasteiger partial charge in [-0.1, -0.05) is 42.8 Å². The number of hydrogen-bond acceptors (Lipinski definition) is 3. The van der Waals surface area contributed by atoms with Crippen LogP contribution in [0, 0.1) is 6.92 Å². The third kappa shape index (κ3) is 2.53. The SMILES string of the molecule is CC[C@](Cl)(C(=O)c1ccccc1C)S(C)(=O)=O. The van der Waals surface area contributed by atoms with E-state index in [-0.39, 0.29) is 6.42 Å². The van der Waals surface area contributed by atoms with Gasteiger partial charge in [0.15, 0.2) is 15.6 Å². The molecule has 1 aromatic carbocycles. The van der Waals surface area contributed by atoms with Crippen LogP contribution >= 0.6 is 11.6 Å². The second-order valence-corrected chi connectivity index (χ2v) is 7.11. The molecule has 0 heterocycles. The van der Waals surface area contributed by atoms with Crippen molar-refractivity contribution >= 4 is 27.2 Å². The minimum absolute atomic E-state index is 0.0422. The van der Waals surface area contributed by atoms with Gasteiger partial charge in [-0.05, 0) is 18.9 Å². The van der Waals surface area contributed by atoms with Gasteiger partial charge < -0.3 is 0 Å². The fraction of sp³-hybridized carbons (Fsp3) is 0.417. The third-order valence-corrected chi connectivity index (χ3v) is 5.70. The zero-order chi connectivity index (χ0) is 13.3. The number of ketones is 1. The van der Waals surface area contributed by atoms with E-state index in [1.165, 1.54) is 0 Å². The topological polar surface area (TPSA) is 51.2 Å². The highest BCUT2D eigenvalue weighted by Gasteiger charge is 2.45. The van der Waals surface area contributed by atoms with E-state index >= 15 is 0 Å². The van der Waals surface area contributed by atoms with Gasteiger partial charge in [0.2, 0.25) is 4.21 Å². The minimum atomic E-state index is -3.66. The molecule has 0 saturated heterocycles. The van der Waals surface area contributed by atoms with E-state index in [9.17, 15) is 13.2 Å². The van der Waals surface area contributed by atoms with Crippen molar-refractivity contribution in [1.29, 1.82) is 0 Å². The van der Waals surface area contributed by atoms with Crippen molar-refractivity contribution in [2.75, 3.05) is 6.26 Å². The first-order chi connectivity index (χ1) is 7.74. The van der Waals surface area contributed by atoms with E-state index < -0.39 is 19.8 Å². The van der Waals surface area contributed by atoms with Crippen LogP contribution in [0.15, 0.2) is 24.3 Å². The standard InChI is InChI=1S/C12H15ClO3S/c1-4-12(13,17(3,15)16)11(14)10-8-6-5-7-9(10)2/h5-8H,4H2,1-3H3/t12-/m1/s1. The van der Waals surface area contributed by atoms with Gasteiger partial charge in [-0.3, -0.25) is 4.79 Å². The predicted octanol–water partition coefficient (Wildman–Crippen LogP) is 2.57. The lowest BCUT2D eigenvalue weighted by molar-refractivity contribution is 0.0970. The van der Waals surface area contributed by atoms with Crippen LogP contribution in [0.1, 0.15) is 29.3 Å². The van der Waals surface area contributed by atoms with Gasteiger partial charge in [0.25, 0.3) is 0 Å². The van der Waals surface area contributed by atoms with Gasteiger partial charge in [-0.15, -0.1) is 0 Å². The van der Waals surface area contributed by atoms with Gasteiger partial charge in [-0.25, -0.2) is 8.42 Å². The maximum Gasteiger partial charge on any atom is 0.207 e. The molecule has 0 aliphatic carbocycles. The van der Waals surface area contributed by atoms with E-state index in [4.69, 9.17) is 11.6 Å². The van der Waals surface area contributed by atoms with Gasteiger partial charge in [0.1, 0.15) is 0 Å². The summed E-state index contributed by atoms with van der Waals surface area (Å²) in [6, 6.07) is 6.82. The number of rotatable bonds is 4. The van der Waals surface area contributed by atoms with Gasteiger partial charge in [-0.2, -0.15) is 0 Å². The van der Waals surface area contributed by atoms with Gasteiger partial charge in [0.05, 0.1) is 0 Å². The summed E-state index contributed by atoms with van der Waals surface area (Å²) in [4.78, 5) is 12.3. The second kappa shape index (κ2) is 4.78. The molecule has 0 saturated carbocycles. The van der Waals surface area contributed by atoms with E-state index in [2.05, 4.69) is 0 Å². The number of alkyl halides is 1. The molecule has 0 N–H and O–H groups in total. The monoisotopic (exact) mass is 274 g/mol. The summed E-state index contributed by atoms with van der Waals surface area (Å²) in [7, 11) is -3.66. The molecule has 94 valence electrons. The largest absolute Gasteiger partial charge is 0.291 e. The number of carbonyl (C=O) groups excluding carboxylic acids is 1. The molecular weight excluding hydrogens is 260 g/mol. The Hall–Kier alpha value is -0.870. The highest BCUT2D eigenvalue weighted by molar-refractivity contribution is 7.94. The lowest BCUT2D eigenvalue weighted by Crippen LogP contribution is -2.40. The van der Waals surface area contributed by atoms with Crippen LogP contribution in [0.3, 0.4) is 0 Å². The van der Waals surface area contributed by atoms with E-state index in [0.717, 1.165) is 11.8 Å². The number of halogens is 1. The van der Waals surface area contributed by atoms with Crippen molar-refractivity contribution in [3.63, 3.8) is 0 Å². The van der Waals surface area contributed by atoms with Crippen molar-refractivity contribution in [3.05, 3.63) is 35.4 Å². The van der Waals surface area contributed by atoms with Crippen LogP contribution in [0.4, 0.5) is 0 Å². The van der Waals surface area contributed by atoms with Crippen molar-refractivity contribution < 1.29 is 13.2 Å². The second-order valence-electron chi connectivity index (χ2n) is 4.00. The Labute approximate surface area is 107 Å². The zero-order valence-electron chi connectivity index (χ0n) is 10.0. The molecule has 1 atom stereocenters. The highest BCUT2D eigenvalue weighted by Crippen LogP contribution is 2.31. The van der Waals surface area contributed by atoms with Gasteiger partial charge in [0, 0.05) is 11.8 Å². The molecular formula is C12H15ClO3S. The first kappa shape index (κ1) is 14.2. The smallest absolute Gasteiger partial charge is 0.207 e. The van der Waals surface area contributed by atoms with E-state index in [0.29, 0.717) is 5.56 Å². The average molecular weight is 275 g/mol. The molecule has 0 fully saturated rings. The Kier molecular flexibility index (Phi) is 3.99. The molecule has 5 heteroatoms. The van der Waals surface area contributed by atoms with Crippen LogP contribution in [0.5, 0.6) is 0 Å². The number of aryl methyl sites for hydroxylation is 1. The molecule has 0 radical (unpaired) electrons. The average Bonchev–Trinajstić information content (AvgIpc) is 2.26. The first-order valence-electron chi connectivity index (χ1n) is 5.23. The van der Waals surface area contributed by atoms with E-state index in [1.54, 1.807) is 38.1 Å². The molecule has 0 amide bonds. The predicted molar refractivity (Wildman–Crippen MR) is 69.2 cm³/mol. The van der Waals surface area contributed by atoms with Crippen molar-refractivity contribution in [3.8, 4) is 0 Å². The van der Waals surface area contributed by atoms with Gasteiger partial charge >= 0.3 is 0 Å². The Morgan fingerprint density at radius 3 is 2.29 bits per heavy atom. The summed E-state index contributed by atoms with van der Waals surface area (Å²) < 4.78 is 21.5. The number of hydrogen-bond donors (Lipinski definition) is 0. The van der Waals surface area contributed by atoms with Crippen LogP contribution in [0.2, 0.25) is 0 Å². The van der Waals surface area contributed by atoms with E-state index in [1.807, 2.05) is 0 Å². The molecule has 0 aliphatic rings. The zero-order valence-corrected chi connectivity index (χ0v) is 11.6.